The van der Waals surface area contributed by atoms with Gasteiger partial charge in [0.2, 0.25) is 5.91 Å². The van der Waals surface area contributed by atoms with Crippen LogP contribution in [0.2, 0.25) is 0 Å². The van der Waals surface area contributed by atoms with Gasteiger partial charge in [-0.3, -0.25) is 4.79 Å². The molecule has 0 saturated carbocycles. The Balaban J connectivity index is 1.39. The second kappa shape index (κ2) is 6.59. The molecule has 2 aromatic heterocycles. The van der Waals surface area contributed by atoms with Crippen molar-refractivity contribution in [2.75, 3.05) is 31.1 Å². The van der Waals surface area contributed by atoms with Crippen LogP contribution in [0.15, 0.2) is 18.5 Å². The number of aromatic nitrogens is 4. The summed E-state index contributed by atoms with van der Waals surface area (Å²) in [5, 5.41) is 12.4. The van der Waals surface area contributed by atoms with Gasteiger partial charge in [0, 0.05) is 25.6 Å². The summed E-state index contributed by atoms with van der Waals surface area (Å²) in [7, 11) is 0. The number of anilines is 1. The minimum absolute atomic E-state index is 0.0997. The summed E-state index contributed by atoms with van der Waals surface area (Å²) in [5.41, 5.74) is 0.740. The maximum absolute atomic E-state index is 12.9. The van der Waals surface area contributed by atoms with Crippen molar-refractivity contribution in [1.29, 1.82) is 0 Å². The number of ether oxygens (including phenoxy) is 1. The SMILES string of the molecule is C[C@@H]1CN(C(=O)C2CCN(c3ccc4nncn4n3)CC2)[C@@H](C)CO1. The number of rotatable bonds is 2. The van der Waals surface area contributed by atoms with Gasteiger partial charge in [-0.1, -0.05) is 0 Å². The molecule has 0 unspecified atom stereocenters. The van der Waals surface area contributed by atoms with Gasteiger partial charge in [-0.05, 0) is 38.8 Å². The number of carbonyl (C=O) groups is 1. The van der Waals surface area contributed by atoms with Crippen molar-refractivity contribution in [3.05, 3.63) is 18.5 Å². The van der Waals surface area contributed by atoms with E-state index in [9.17, 15) is 4.79 Å². The molecule has 0 aromatic carbocycles. The molecule has 0 N–H and O–H groups in total. The smallest absolute Gasteiger partial charge is 0.226 e. The van der Waals surface area contributed by atoms with Crippen molar-refractivity contribution < 1.29 is 9.53 Å². The molecular weight excluding hydrogens is 320 g/mol. The molecule has 134 valence electrons. The van der Waals surface area contributed by atoms with Crippen LogP contribution in [-0.2, 0) is 9.53 Å². The van der Waals surface area contributed by atoms with E-state index in [2.05, 4.69) is 27.1 Å². The second-order valence-corrected chi connectivity index (χ2v) is 7.07. The van der Waals surface area contributed by atoms with E-state index >= 15 is 0 Å². The second-order valence-electron chi connectivity index (χ2n) is 7.07. The highest BCUT2D eigenvalue weighted by molar-refractivity contribution is 5.79. The lowest BCUT2D eigenvalue weighted by molar-refractivity contribution is -0.148. The maximum atomic E-state index is 12.9. The zero-order valence-corrected chi connectivity index (χ0v) is 14.7. The van der Waals surface area contributed by atoms with Crippen LogP contribution in [0.3, 0.4) is 0 Å². The monoisotopic (exact) mass is 344 g/mol. The van der Waals surface area contributed by atoms with E-state index < -0.39 is 0 Å². The Labute approximate surface area is 146 Å². The zero-order valence-electron chi connectivity index (χ0n) is 14.7. The summed E-state index contributed by atoms with van der Waals surface area (Å²) in [4.78, 5) is 17.1. The lowest BCUT2D eigenvalue weighted by atomic mass is 9.94. The van der Waals surface area contributed by atoms with Crippen molar-refractivity contribution in [3.8, 4) is 0 Å². The van der Waals surface area contributed by atoms with Crippen LogP contribution in [0.5, 0.6) is 0 Å². The summed E-state index contributed by atoms with van der Waals surface area (Å²) in [5.74, 6) is 1.29. The standard InChI is InChI=1S/C17H24N6O2/c1-12-10-25-13(2)9-22(12)17(24)14-5-7-21(8-6-14)16-4-3-15-19-18-11-23(15)20-16/h3-4,11-14H,5-10H2,1-2H3/t12-,13+/m0/s1. The van der Waals surface area contributed by atoms with E-state index in [-0.39, 0.29) is 24.0 Å². The molecule has 2 aliphatic rings. The summed E-state index contributed by atoms with van der Waals surface area (Å²) < 4.78 is 7.32. The fourth-order valence-corrected chi connectivity index (χ4v) is 3.69. The normalized spacial score (nSPS) is 25.5. The van der Waals surface area contributed by atoms with Crippen LogP contribution in [0.4, 0.5) is 5.82 Å². The number of hydrogen-bond acceptors (Lipinski definition) is 6. The molecule has 4 heterocycles. The fraction of sp³-hybridized carbons (Fsp3) is 0.647. The highest BCUT2D eigenvalue weighted by Crippen LogP contribution is 2.25. The van der Waals surface area contributed by atoms with Gasteiger partial charge >= 0.3 is 0 Å². The molecule has 2 aliphatic heterocycles. The molecule has 0 radical (unpaired) electrons. The van der Waals surface area contributed by atoms with Crippen LogP contribution in [0, 0.1) is 5.92 Å². The summed E-state index contributed by atoms with van der Waals surface area (Å²) in [6.45, 7) is 7.11. The highest BCUT2D eigenvalue weighted by atomic mass is 16.5. The number of nitrogens with zero attached hydrogens (tertiary/aromatic N) is 6. The highest BCUT2D eigenvalue weighted by Gasteiger charge is 2.34. The van der Waals surface area contributed by atoms with Crippen LogP contribution < -0.4 is 4.90 Å². The Morgan fingerprint density at radius 3 is 2.84 bits per heavy atom. The number of morpholine rings is 1. The molecular formula is C17H24N6O2. The van der Waals surface area contributed by atoms with E-state index in [1.54, 1.807) is 10.8 Å². The first-order valence-electron chi connectivity index (χ1n) is 8.96. The number of fused-ring (bicyclic) bond motifs is 1. The molecule has 4 rings (SSSR count). The molecule has 0 spiro atoms. The molecule has 8 nitrogen and oxygen atoms in total. The maximum Gasteiger partial charge on any atom is 0.226 e. The Hall–Kier alpha value is -2.22. The lowest BCUT2D eigenvalue weighted by Crippen LogP contribution is -2.53. The first-order valence-corrected chi connectivity index (χ1v) is 8.96. The molecule has 2 aromatic rings. The first kappa shape index (κ1) is 16.3. The third-order valence-electron chi connectivity index (χ3n) is 5.21. The topological polar surface area (TPSA) is 75.9 Å². The van der Waals surface area contributed by atoms with E-state index in [4.69, 9.17) is 4.74 Å². The summed E-state index contributed by atoms with van der Waals surface area (Å²) in [6, 6.07) is 4.06. The van der Waals surface area contributed by atoms with Crippen molar-refractivity contribution in [2.45, 2.75) is 38.8 Å². The average molecular weight is 344 g/mol. The number of amides is 1. The molecule has 2 atom stereocenters. The molecule has 1 amide bonds. The van der Waals surface area contributed by atoms with Crippen LogP contribution in [0.25, 0.3) is 5.65 Å². The zero-order chi connectivity index (χ0) is 17.4. The minimum atomic E-state index is 0.0997. The molecule has 0 bridgehead atoms. The van der Waals surface area contributed by atoms with E-state index in [1.807, 2.05) is 24.0 Å². The fourth-order valence-electron chi connectivity index (χ4n) is 3.69. The van der Waals surface area contributed by atoms with Gasteiger partial charge in [0.15, 0.2) is 5.65 Å². The molecule has 0 aliphatic carbocycles. The van der Waals surface area contributed by atoms with E-state index in [0.29, 0.717) is 13.2 Å². The molecule has 8 heteroatoms. The number of hydrogen-bond donors (Lipinski definition) is 0. The quantitative estimate of drug-likeness (QED) is 0.808. The first-order chi connectivity index (χ1) is 12.1. The Morgan fingerprint density at radius 1 is 1.24 bits per heavy atom. The van der Waals surface area contributed by atoms with Crippen LogP contribution in [-0.4, -0.2) is 69.0 Å². The van der Waals surface area contributed by atoms with Crippen molar-refractivity contribution >= 4 is 17.4 Å². The number of piperidine rings is 1. The lowest BCUT2D eigenvalue weighted by Gasteiger charge is -2.40. The third kappa shape index (κ3) is 3.18. The van der Waals surface area contributed by atoms with Crippen molar-refractivity contribution in [3.63, 3.8) is 0 Å². The van der Waals surface area contributed by atoms with Gasteiger partial charge in [-0.2, -0.15) is 4.52 Å². The van der Waals surface area contributed by atoms with Crippen molar-refractivity contribution in [2.24, 2.45) is 5.92 Å². The van der Waals surface area contributed by atoms with E-state index in [0.717, 1.165) is 37.4 Å². The largest absolute Gasteiger partial charge is 0.375 e. The predicted molar refractivity (Wildman–Crippen MR) is 92.3 cm³/mol. The van der Waals surface area contributed by atoms with Gasteiger partial charge in [0.05, 0.1) is 18.8 Å². The summed E-state index contributed by atoms with van der Waals surface area (Å²) >= 11 is 0. The molecule has 2 fully saturated rings. The molecule has 25 heavy (non-hydrogen) atoms. The van der Waals surface area contributed by atoms with E-state index in [1.165, 1.54) is 0 Å². The van der Waals surface area contributed by atoms with Gasteiger partial charge in [-0.15, -0.1) is 15.3 Å². The van der Waals surface area contributed by atoms with Gasteiger partial charge in [0.25, 0.3) is 0 Å². The summed E-state index contributed by atoms with van der Waals surface area (Å²) in [6.07, 6.45) is 3.45. The Morgan fingerprint density at radius 2 is 2.04 bits per heavy atom. The van der Waals surface area contributed by atoms with Crippen LogP contribution in [0.1, 0.15) is 26.7 Å². The third-order valence-corrected chi connectivity index (χ3v) is 5.21. The Bertz CT molecular complexity index is 754. The number of carbonyl (C=O) groups excluding carboxylic acids is 1. The van der Waals surface area contributed by atoms with Gasteiger partial charge in [0.1, 0.15) is 12.1 Å². The van der Waals surface area contributed by atoms with Crippen LogP contribution >= 0.6 is 0 Å². The predicted octanol–water partition coefficient (Wildman–Crippen LogP) is 0.977. The molecule has 2 saturated heterocycles. The van der Waals surface area contributed by atoms with Gasteiger partial charge in [-0.25, -0.2) is 0 Å². The van der Waals surface area contributed by atoms with Gasteiger partial charge < -0.3 is 14.5 Å². The minimum Gasteiger partial charge on any atom is -0.375 e. The Kier molecular flexibility index (Phi) is 4.29. The van der Waals surface area contributed by atoms with Crippen molar-refractivity contribution in [1.82, 2.24) is 24.7 Å². The average Bonchev–Trinajstić information content (AvgIpc) is 3.11.